The highest BCUT2D eigenvalue weighted by atomic mass is 16.5. The number of nitrogens with two attached hydrogens (primary N) is 1. The Hall–Kier alpha value is -4.52. The summed E-state index contributed by atoms with van der Waals surface area (Å²) < 4.78 is 7.57. The molecule has 0 saturated heterocycles. The summed E-state index contributed by atoms with van der Waals surface area (Å²) in [5, 5.41) is 5.43. The predicted octanol–water partition coefficient (Wildman–Crippen LogP) is 4.67. The highest BCUT2D eigenvalue weighted by Gasteiger charge is 2.18. The highest BCUT2D eigenvalue weighted by molar-refractivity contribution is 5.99. The topological polar surface area (TPSA) is 95.9 Å². The van der Waals surface area contributed by atoms with Gasteiger partial charge in [-0.05, 0) is 60.7 Å². The number of fused-ring (bicyclic) bond motifs is 1. The summed E-state index contributed by atoms with van der Waals surface area (Å²) in [5.41, 5.74) is 9.65. The van der Waals surface area contributed by atoms with Gasteiger partial charge in [0.05, 0.1) is 11.1 Å². The van der Waals surface area contributed by atoms with Gasteiger partial charge in [-0.1, -0.05) is 18.2 Å². The Morgan fingerprint density at radius 1 is 0.839 bits per heavy atom. The van der Waals surface area contributed by atoms with Crippen LogP contribution in [-0.4, -0.2) is 26.0 Å². The lowest BCUT2D eigenvalue weighted by Gasteiger charge is -2.06. The largest absolute Gasteiger partial charge is 0.457 e. The maximum absolute atomic E-state index is 11.0. The number of rotatable bonds is 5. The van der Waals surface area contributed by atoms with E-state index in [-0.39, 0.29) is 0 Å². The first-order chi connectivity index (χ1) is 15.2. The van der Waals surface area contributed by atoms with Crippen LogP contribution in [0.25, 0.3) is 28.0 Å². The van der Waals surface area contributed by atoms with Gasteiger partial charge in [0, 0.05) is 11.1 Å². The molecule has 7 nitrogen and oxygen atoms in total. The van der Waals surface area contributed by atoms with Crippen LogP contribution in [0.1, 0.15) is 10.4 Å². The minimum atomic E-state index is 0.348. The SMILES string of the molecule is Nc1ncnc2c1c(-c1ccc(Oc3ccccc3)cc1)nn2-c1ccc(C=O)cc1. The number of hydrogen-bond donors (Lipinski definition) is 1. The summed E-state index contributed by atoms with van der Waals surface area (Å²) in [7, 11) is 0. The van der Waals surface area contributed by atoms with Gasteiger partial charge in [0.1, 0.15) is 35.6 Å². The van der Waals surface area contributed by atoms with Crippen LogP contribution in [0.4, 0.5) is 5.82 Å². The second-order valence-electron chi connectivity index (χ2n) is 6.87. The molecule has 2 heterocycles. The van der Waals surface area contributed by atoms with Crippen LogP contribution in [0.5, 0.6) is 11.5 Å². The zero-order valence-corrected chi connectivity index (χ0v) is 16.3. The molecule has 31 heavy (non-hydrogen) atoms. The summed E-state index contributed by atoms with van der Waals surface area (Å²) in [5.74, 6) is 1.83. The van der Waals surface area contributed by atoms with Gasteiger partial charge in [0.15, 0.2) is 5.65 Å². The smallest absolute Gasteiger partial charge is 0.169 e. The molecule has 2 N–H and O–H groups in total. The molecule has 5 rings (SSSR count). The first kappa shape index (κ1) is 18.5. The standard InChI is InChI=1S/C24H17N5O2/c25-23-21-22(17-8-12-20(13-9-17)31-19-4-2-1-3-5-19)28-29(24(21)27-15-26-23)18-10-6-16(14-30)7-11-18/h1-15H,(H2,25,26,27). The Balaban J connectivity index is 1.57. The van der Waals surface area contributed by atoms with Crippen molar-refractivity contribution in [3.05, 3.63) is 90.8 Å². The summed E-state index contributed by atoms with van der Waals surface area (Å²) in [6.45, 7) is 0. The molecule has 2 aromatic heterocycles. The number of aromatic nitrogens is 4. The molecular weight excluding hydrogens is 390 g/mol. The van der Waals surface area contributed by atoms with E-state index >= 15 is 0 Å². The maximum Gasteiger partial charge on any atom is 0.169 e. The summed E-state index contributed by atoms with van der Waals surface area (Å²) >= 11 is 0. The maximum atomic E-state index is 11.0. The van der Waals surface area contributed by atoms with Crippen LogP contribution < -0.4 is 10.5 Å². The molecule has 150 valence electrons. The Kier molecular flexibility index (Phi) is 4.61. The highest BCUT2D eigenvalue weighted by Crippen LogP contribution is 2.33. The average Bonchev–Trinajstić information content (AvgIpc) is 3.21. The van der Waals surface area contributed by atoms with E-state index in [0.717, 1.165) is 23.3 Å². The normalized spacial score (nSPS) is 10.8. The van der Waals surface area contributed by atoms with Crippen LogP contribution in [0, 0.1) is 0 Å². The first-order valence-corrected chi connectivity index (χ1v) is 9.61. The van der Waals surface area contributed by atoms with Gasteiger partial charge in [-0.2, -0.15) is 5.10 Å². The summed E-state index contributed by atoms with van der Waals surface area (Å²) in [6.07, 6.45) is 2.21. The van der Waals surface area contributed by atoms with Gasteiger partial charge >= 0.3 is 0 Å². The number of nitrogens with zero attached hydrogens (tertiary/aromatic N) is 4. The molecule has 0 radical (unpaired) electrons. The van der Waals surface area contributed by atoms with Gasteiger partial charge in [0.2, 0.25) is 0 Å². The summed E-state index contributed by atoms with van der Waals surface area (Å²) in [4.78, 5) is 19.5. The number of benzene rings is 3. The van der Waals surface area contributed by atoms with Gasteiger partial charge in [-0.3, -0.25) is 4.79 Å². The number of ether oxygens (including phenoxy) is 1. The number of carbonyl (C=O) groups excluding carboxylic acids is 1. The molecular formula is C24H17N5O2. The molecule has 5 aromatic rings. The number of carbonyl (C=O) groups is 1. The molecule has 0 saturated carbocycles. The van der Waals surface area contributed by atoms with E-state index in [4.69, 9.17) is 15.6 Å². The van der Waals surface area contributed by atoms with E-state index < -0.39 is 0 Å². The van der Waals surface area contributed by atoms with Crippen molar-refractivity contribution in [1.29, 1.82) is 0 Å². The minimum absolute atomic E-state index is 0.348. The third kappa shape index (κ3) is 3.49. The first-order valence-electron chi connectivity index (χ1n) is 9.61. The van der Waals surface area contributed by atoms with Crippen LogP contribution in [0.15, 0.2) is 85.2 Å². The quantitative estimate of drug-likeness (QED) is 0.425. The Labute approximate surface area is 177 Å². The second kappa shape index (κ2) is 7.72. The third-order valence-corrected chi connectivity index (χ3v) is 4.87. The second-order valence-corrected chi connectivity index (χ2v) is 6.87. The Morgan fingerprint density at radius 3 is 2.26 bits per heavy atom. The number of aldehydes is 1. The number of para-hydroxylation sites is 1. The van der Waals surface area contributed by atoms with Crippen LogP contribution in [0.3, 0.4) is 0 Å². The molecule has 0 aliphatic carbocycles. The molecule has 3 aromatic carbocycles. The molecule has 0 atom stereocenters. The number of nitrogen functional groups attached to an aromatic ring is 1. The molecule has 0 amide bonds. The van der Waals surface area contributed by atoms with Crippen molar-refractivity contribution >= 4 is 23.1 Å². The van der Waals surface area contributed by atoms with E-state index in [1.807, 2.05) is 66.7 Å². The van der Waals surface area contributed by atoms with Crippen LogP contribution in [0.2, 0.25) is 0 Å². The molecule has 0 unspecified atom stereocenters. The lowest BCUT2D eigenvalue weighted by molar-refractivity contribution is 0.112. The van der Waals surface area contributed by atoms with Crippen molar-refractivity contribution in [3.8, 4) is 28.4 Å². The van der Waals surface area contributed by atoms with Gasteiger partial charge < -0.3 is 10.5 Å². The van der Waals surface area contributed by atoms with Gasteiger partial charge in [0.25, 0.3) is 0 Å². The van der Waals surface area contributed by atoms with Crippen molar-refractivity contribution in [2.24, 2.45) is 0 Å². The van der Waals surface area contributed by atoms with E-state index in [0.29, 0.717) is 33.9 Å². The zero-order valence-electron chi connectivity index (χ0n) is 16.3. The molecule has 0 bridgehead atoms. The van der Waals surface area contributed by atoms with Gasteiger partial charge in [-0.25, -0.2) is 14.6 Å². The van der Waals surface area contributed by atoms with E-state index in [1.165, 1.54) is 6.33 Å². The van der Waals surface area contributed by atoms with Crippen molar-refractivity contribution in [2.75, 3.05) is 5.73 Å². The van der Waals surface area contributed by atoms with Crippen molar-refractivity contribution in [1.82, 2.24) is 19.7 Å². The van der Waals surface area contributed by atoms with Crippen molar-refractivity contribution < 1.29 is 9.53 Å². The molecule has 0 spiro atoms. The monoisotopic (exact) mass is 407 g/mol. The molecule has 7 heteroatoms. The van der Waals surface area contributed by atoms with E-state index in [9.17, 15) is 4.79 Å². The fourth-order valence-corrected chi connectivity index (χ4v) is 3.36. The van der Waals surface area contributed by atoms with Crippen molar-refractivity contribution in [3.63, 3.8) is 0 Å². The predicted molar refractivity (Wildman–Crippen MR) is 118 cm³/mol. The molecule has 0 aliphatic heterocycles. The molecule has 0 aliphatic rings. The summed E-state index contributed by atoms with van der Waals surface area (Å²) in [6, 6.07) is 24.3. The van der Waals surface area contributed by atoms with Crippen molar-refractivity contribution in [2.45, 2.75) is 0 Å². The Morgan fingerprint density at radius 2 is 1.55 bits per heavy atom. The van der Waals surface area contributed by atoms with E-state index in [1.54, 1.807) is 16.8 Å². The number of anilines is 1. The Bertz CT molecular complexity index is 1360. The fourth-order valence-electron chi connectivity index (χ4n) is 3.36. The molecule has 0 fully saturated rings. The fraction of sp³-hybridized carbons (Fsp3) is 0. The van der Waals surface area contributed by atoms with Crippen LogP contribution in [-0.2, 0) is 0 Å². The number of hydrogen-bond acceptors (Lipinski definition) is 6. The lowest BCUT2D eigenvalue weighted by Crippen LogP contribution is -1.99. The zero-order chi connectivity index (χ0) is 21.2. The van der Waals surface area contributed by atoms with E-state index in [2.05, 4.69) is 9.97 Å². The minimum Gasteiger partial charge on any atom is -0.457 e. The van der Waals surface area contributed by atoms with Crippen LogP contribution >= 0.6 is 0 Å². The lowest BCUT2D eigenvalue weighted by atomic mass is 10.1. The third-order valence-electron chi connectivity index (χ3n) is 4.87. The average molecular weight is 407 g/mol. The van der Waals surface area contributed by atoms with Gasteiger partial charge in [-0.15, -0.1) is 0 Å².